The summed E-state index contributed by atoms with van der Waals surface area (Å²) in [4.78, 5) is 10.6. The maximum atomic E-state index is 10.6. The Bertz CT molecular complexity index is 152. The first kappa shape index (κ1) is 8.75. The van der Waals surface area contributed by atoms with Crippen molar-refractivity contribution >= 4 is 5.97 Å². The average molecular weight is 142 g/mol. The van der Waals surface area contributed by atoms with E-state index in [-0.39, 0.29) is 11.3 Å². The van der Waals surface area contributed by atoms with Gasteiger partial charge >= 0.3 is 5.97 Å². The summed E-state index contributed by atoms with van der Waals surface area (Å²) in [6.07, 6.45) is 0. The predicted octanol–water partition coefficient (Wildman–Crippen LogP) is 0.876. The second kappa shape index (κ2) is 3.71. The molecule has 0 aliphatic rings. The maximum absolute atomic E-state index is 10.6. The molecule has 0 aliphatic heterocycles. The van der Waals surface area contributed by atoms with E-state index >= 15 is 0 Å². The molecule has 0 rings (SSSR count). The van der Waals surface area contributed by atoms with Gasteiger partial charge in [-0.2, -0.15) is 0 Å². The summed E-state index contributed by atoms with van der Waals surface area (Å²) < 4.78 is 9.00. The van der Waals surface area contributed by atoms with Crippen molar-refractivity contribution in [1.29, 1.82) is 0 Å². The van der Waals surface area contributed by atoms with Crippen molar-refractivity contribution in [3.05, 3.63) is 24.5 Å². The van der Waals surface area contributed by atoms with E-state index in [1.807, 2.05) is 0 Å². The molecule has 0 fully saturated rings. The van der Waals surface area contributed by atoms with Crippen LogP contribution in [-0.4, -0.2) is 20.2 Å². The van der Waals surface area contributed by atoms with Crippen LogP contribution < -0.4 is 0 Å². The smallest absolute Gasteiger partial charge is 0.341 e. The van der Waals surface area contributed by atoms with Crippen LogP contribution in [0.1, 0.15) is 0 Å². The van der Waals surface area contributed by atoms with Gasteiger partial charge in [-0.25, -0.2) is 4.79 Å². The summed E-state index contributed by atoms with van der Waals surface area (Å²) in [5.74, 6) is -0.293. The zero-order chi connectivity index (χ0) is 8.15. The van der Waals surface area contributed by atoms with Crippen LogP contribution >= 0.6 is 0 Å². The van der Waals surface area contributed by atoms with E-state index in [4.69, 9.17) is 0 Å². The molecule has 0 saturated heterocycles. The first-order chi connectivity index (χ1) is 4.63. The maximum Gasteiger partial charge on any atom is 0.341 e. The van der Waals surface area contributed by atoms with Gasteiger partial charge < -0.3 is 9.47 Å². The van der Waals surface area contributed by atoms with Crippen LogP contribution in [0.5, 0.6) is 0 Å². The Morgan fingerprint density at radius 3 is 2.00 bits per heavy atom. The number of hydrogen-bond acceptors (Lipinski definition) is 3. The Hall–Kier alpha value is -1.25. The minimum atomic E-state index is -0.521. The Kier molecular flexibility index (Phi) is 3.25. The van der Waals surface area contributed by atoms with Crippen molar-refractivity contribution in [2.45, 2.75) is 0 Å². The highest BCUT2D eigenvalue weighted by molar-refractivity contribution is 5.91. The number of methoxy groups -OCH3 is 2. The highest BCUT2D eigenvalue weighted by Crippen LogP contribution is 2.05. The van der Waals surface area contributed by atoms with Crippen LogP contribution in [0.25, 0.3) is 0 Å². The monoisotopic (exact) mass is 142 g/mol. The van der Waals surface area contributed by atoms with Gasteiger partial charge in [0.15, 0.2) is 0 Å². The van der Waals surface area contributed by atoms with E-state index in [1.165, 1.54) is 14.2 Å². The van der Waals surface area contributed by atoms with Gasteiger partial charge in [0, 0.05) is 0 Å². The van der Waals surface area contributed by atoms with Gasteiger partial charge in [-0.05, 0) is 0 Å². The first-order valence-electron chi connectivity index (χ1n) is 2.64. The number of carbonyl (C=O) groups excluding carboxylic acids is 1. The molecular weight excluding hydrogens is 132 g/mol. The molecule has 0 heterocycles. The highest BCUT2D eigenvalue weighted by Gasteiger charge is 2.09. The molecule has 56 valence electrons. The third-order valence-electron chi connectivity index (χ3n) is 1.01. The molecule has 0 unspecified atom stereocenters. The summed E-state index contributed by atoms with van der Waals surface area (Å²) in [5, 5.41) is 0. The van der Waals surface area contributed by atoms with Crippen LogP contribution in [0.4, 0.5) is 0 Å². The summed E-state index contributed by atoms with van der Waals surface area (Å²) in [7, 11) is 2.69. The molecule has 3 heteroatoms. The fourth-order valence-corrected chi connectivity index (χ4v) is 0.360. The van der Waals surface area contributed by atoms with Crippen LogP contribution in [0.2, 0.25) is 0 Å². The quantitative estimate of drug-likeness (QED) is 0.254. The third-order valence-corrected chi connectivity index (χ3v) is 1.01. The zero-order valence-electron chi connectivity index (χ0n) is 6.14. The van der Waals surface area contributed by atoms with E-state index in [0.717, 1.165) is 0 Å². The largest absolute Gasteiger partial charge is 0.497 e. The minimum absolute atomic E-state index is 0.144. The molecule has 0 bridgehead atoms. The molecule has 0 amide bonds. The first-order valence-corrected chi connectivity index (χ1v) is 2.64. The van der Waals surface area contributed by atoms with Gasteiger partial charge in [-0.1, -0.05) is 13.2 Å². The molecule has 0 N–H and O–H groups in total. The SMILES string of the molecule is C=C(OC)C(=C)C(=O)OC. The molecule has 0 atom stereocenters. The second-order valence-electron chi connectivity index (χ2n) is 1.60. The fraction of sp³-hybridized carbons (Fsp3) is 0.286. The average Bonchev–Trinajstić information content (AvgIpc) is 2.00. The number of carbonyl (C=O) groups is 1. The van der Waals surface area contributed by atoms with Crippen LogP contribution in [0.3, 0.4) is 0 Å². The van der Waals surface area contributed by atoms with Crippen molar-refractivity contribution in [2.75, 3.05) is 14.2 Å². The van der Waals surface area contributed by atoms with E-state index in [0.29, 0.717) is 0 Å². The van der Waals surface area contributed by atoms with Crippen LogP contribution in [0, 0.1) is 0 Å². The number of hydrogen-bond donors (Lipinski definition) is 0. The van der Waals surface area contributed by atoms with E-state index in [9.17, 15) is 4.79 Å². The normalized spacial score (nSPS) is 8.20. The summed E-state index contributed by atoms with van der Waals surface area (Å²) >= 11 is 0. The Morgan fingerprint density at radius 2 is 1.70 bits per heavy atom. The number of esters is 1. The number of rotatable bonds is 3. The molecule has 0 aromatic heterocycles. The molecule has 0 saturated carbocycles. The van der Waals surface area contributed by atoms with Crippen LogP contribution in [-0.2, 0) is 14.3 Å². The van der Waals surface area contributed by atoms with Crippen molar-refractivity contribution < 1.29 is 14.3 Å². The minimum Gasteiger partial charge on any atom is -0.497 e. The lowest BCUT2D eigenvalue weighted by atomic mass is 10.3. The molecule has 0 radical (unpaired) electrons. The topological polar surface area (TPSA) is 35.5 Å². The standard InChI is InChI=1S/C7H10O3/c1-5(6(2)9-3)7(8)10-4/h1-2H2,3-4H3. The van der Waals surface area contributed by atoms with Crippen molar-refractivity contribution in [2.24, 2.45) is 0 Å². The van der Waals surface area contributed by atoms with E-state index < -0.39 is 5.97 Å². The Balaban J connectivity index is 4.09. The molecule has 3 nitrogen and oxygen atoms in total. The predicted molar refractivity (Wildman–Crippen MR) is 37.3 cm³/mol. The molecule has 0 aromatic carbocycles. The lowest BCUT2D eigenvalue weighted by Crippen LogP contribution is -2.06. The summed E-state index contributed by atoms with van der Waals surface area (Å²) in [5.41, 5.74) is 0.144. The second-order valence-corrected chi connectivity index (χ2v) is 1.60. The van der Waals surface area contributed by atoms with Crippen molar-refractivity contribution in [3.63, 3.8) is 0 Å². The van der Waals surface area contributed by atoms with E-state index in [2.05, 4.69) is 22.6 Å². The van der Waals surface area contributed by atoms with Crippen molar-refractivity contribution in [3.8, 4) is 0 Å². The van der Waals surface area contributed by atoms with Gasteiger partial charge in [0.2, 0.25) is 0 Å². The number of ether oxygens (including phenoxy) is 2. The van der Waals surface area contributed by atoms with E-state index in [1.54, 1.807) is 0 Å². The van der Waals surface area contributed by atoms with Gasteiger partial charge in [-0.3, -0.25) is 0 Å². The van der Waals surface area contributed by atoms with Gasteiger partial charge in [0.25, 0.3) is 0 Å². The van der Waals surface area contributed by atoms with Crippen molar-refractivity contribution in [1.82, 2.24) is 0 Å². The molecular formula is C7H10O3. The lowest BCUT2D eigenvalue weighted by Gasteiger charge is -2.03. The lowest BCUT2D eigenvalue weighted by molar-refractivity contribution is -0.136. The third kappa shape index (κ3) is 1.93. The Labute approximate surface area is 59.9 Å². The highest BCUT2D eigenvalue weighted by atomic mass is 16.5. The molecule has 0 aromatic rings. The van der Waals surface area contributed by atoms with Gasteiger partial charge in [0.05, 0.1) is 19.8 Å². The Morgan fingerprint density at radius 1 is 1.20 bits per heavy atom. The molecule has 0 spiro atoms. The van der Waals surface area contributed by atoms with Gasteiger partial charge in [0.1, 0.15) is 5.76 Å². The zero-order valence-corrected chi connectivity index (χ0v) is 6.14. The molecule has 0 aliphatic carbocycles. The fourth-order valence-electron chi connectivity index (χ4n) is 0.360. The summed E-state index contributed by atoms with van der Waals surface area (Å²) in [6, 6.07) is 0. The molecule has 10 heavy (non-hydrogen) atoms. The van der Waals surface area contributed by atoms with Gasteiger partial charge in [-0.15, -0.1) is 0 Å². The van der Waals surface area contributed by atoms with Crippen LogP contribution in [0.15, 0.2) is 24.5 Å². The summed E-state index contributed by atoms with van der Waals surface area (Å²) in [6.45, 7) is 6.82.